The van der Waals surface area contributed by atoms with Crippen LogP contribution in [0, 0.1) is 39.0 Å². The Balaban J connectivity index is 1.99. The number of ether oxygens (including phenoxy) is 1. The van der Waals surface area contributed by atoms with Gasteiger partial charge in [-0.3, -0.25) is 4.79 Å². The molecule has 31 heavy (non-hydrogen) atoms. The Hall–Kier alpha value is -3.49. The van der Waals surface area contributed by atoms with Crippen molar-refractivity contribution in [3.05, 3.63) is 81.1 Å². The number of anilines is 1. The molecular formula is C25H24ClN3O2. The molecule has 1 aromatic heterocycles. The summed E-state index contributed by atoms with van der Waals surface area (Å²) in [7, 11) is 1.54. The molecule has 6 heteroatoms. The average molecular weight is 434 g/mol. The van der Waals surface area contributed by atoms with E-state index in [4.69, 9.17) is 16.3 Å². The molecule has 0 spiro atoms. The molecule has 5 nitrogen and oxygen atoms in total. The van der Waals surface area contributed by atoms with Crippen LogP contribution in [0.25, 0.3) is 11.8 Å². The van der Waals surface area contributed by atoms with E-state index in [1.165, 1.54) is 7.11 Å². The predicted molar refractivity (Wildman–Crippen MR) is 125 cm³/mol. The maximum atomic E-state index is 12.8. The Morgan fingerprint density at radius 3 is 2.58 bits per heavy atom. The third-order valence-electron chi connectivity index (χ3n) is 5.22. The number of nitriles is 1. The van der Waals surface area contributed by atoms with Crippen LogP contribution in [0.15, 0.2) is 48.0 Å². The Kier molecular flexibility index (Phi) is 6.53. The number of amides is 1. The van der Waals surface area contributed by atoms with E-state index in [1.54, 1.807) is 18.2 Å². The van der Waals surface area contributed by atoms with Crippen LogP contribution in [-0.2, 0) is 4.79 Å². The van der Waals surface area contributed by atoms with Crippen LogP contribution in [0.1, 0.15) is 28.1 Å². The van der Waals surface area contributed by atoms with Gasteiger partial charge in [0.2, 0.25) is 0 Å². The van der Waals surface area contributed by atoms with Crippen molar-refractivity contribution < 1.29 is 9.53 Å². The number of rotatable bonds is 5. The van der Waals surface area contributed by atoms with Crippen LogP contribution >= 0.6 is 11.6 Å². The van der Waals surface area contributed by atoms with Crippen LogP contribution in [0.4, 0.5) is 5.69 Å². The number of methoxy groups -OCH3 is 1. The second-order valence-electron chi connectivity index (χ2n) is 7.37. The third kappa shape index (κ3) is 4.50. The summed E-state index contributed by atoms with van der Waals surface area (Å²) in [6.07, 6.45) is 1.61. The number of hydrogen-bond acceptors (Lipinski definition) is 3. The summed E-state index contributed by atoms with van der Waals surface area (Å²) >= 11 is 6.30. The zero-order valence-corrected chi connectivity index (χ0v) is 19.0. The summed E-state index contributed by atoms with van der Waals surface area (Å²) in [6, 6.07) is 15.2. The standard InChI is InChI=1S/C25H24ClN3O2/c1-15-9-10-24(31-5)22(11-15)28-25(30)20(14-27)13-19-12-16(2)29(18(19)4)23-8-6-7-21(26)17(23)3/h6-13H,1-5H3,(H,28,30)/b20-13+. The predicted octanol–water partition coefficient (Wildman–Crippen LogP) is 5.92. The maximum Gasteiger partial charge on any atom is 0.266 e. The molecule has 1 heterocycles. The fourth-order valence-electron chi connectivity index (χ4n) is 3.56. The van der Waals surface area contributed by atoms with Gasteiger partial charge in [-0.05, 0) is 80.8 Å². The first-order valence-electron chi connectivity index (χ1n) is 9.79. The van der Waals surface area contributed by atoms with Gasteiger partial charge in [0, 0.05) is 22.1 Å². The van der Waals surface area contributed by atoms with Gasteiger partial charge in [0.05, 0.1) is 12.8 Å². The van der Waals surface area contributed by atoms with Crippen molar-refractivity contribution in [2.75, 3.05) is 12.4 Å². The largest absolute Gasteiger partial charge is 0.495 e. The quantitative estimate of drug-likeness (QED) is 0.401. The smallest absolute Gasteiger partial charge is 0.266 e. The molecule has 3 aromatic rings. The minimum atomic E-state index is -0.491. The number of aromatic nitrogens is 1. The molecule has 0 unspecified atom stereocenters. The molecule has 0 saturated carbocycles. The van der Waals surface area contributed by atoms with Crippen molar-refractivity contribution in [3.63, 3.8) is 0 Å². The maximum absolute atomic E-state index is 12.8. The summed E-state index contributed by atoms with van der Waals surface area (Å²) in [5.41, 5.74) is 6.11. The van der Waals surface area contributed by atoms with Crippen molar-refractivity contribution in [1.82, 2.24) is 4.57 Å². The van der Waals surface area contributed by atoms with E-state index in [0.29, 0.717) is 16.5 Å². The number of carbonyl (C=O) groups excluding carboxylic acids is 1. The van der Waals surface area contributed by atoms with E-state index in [0.717, 1.165) is 33.8 Å². The van der Waals surface area contributed by atoms with Crippen molar-refractivity contribution in [1.29, 1.82) is 5.26 Å². The van der Waals surface area contributed by atoms with Gasteiger partial charge in [-0.25, -0.2) is 0 Å². The normalized spacial score (nSPS) is 11.2. The third-order valence-corrected chi connectivity index (χ3v) is 5.63. The molecule has 0 aliphatic carbocycles. The SMILES string of the molecule is COc1ccc(C)cc1NC(=O)/C(C#N)=C/c1cc(C)n(-c2cccc(Cl)c2C)c1C. The van der Waals surface area contributed by atoms with Crippen molar-refractivity contribution >= 4 is 29.3 Å². The van der Waals surface area contributed by atoms with Gasteiger partial charge in [-0.1, -0.05) is 23.7 Å². The molecule has 0 bridgehead atoms. The Bertz CT molecular complexity index is 1230. The highest BCUT2D eigenvalue weighted by molar-refractivity contribution is 6.31. The number of halogens is 1. The molecule has 0 fully saturated rings. The topological polar surface area (TPSA) is 67.0 Å². The van der Waals surface area contributed by atoms with Gasteiger partial charge >= 0.3 is 0 Å². The number of hydrogen-bond donors (Lipinski definition) is 1. The van der Waals surface area contributed by atoms with Gasteiger partial charge in [0.15, 0.2) is 0 Å². The highest BCUT2D eigenvalue weighted by atomic mass is 35.5. The molecule has 0 aliphatic rings. The second-order valence-corrected chi connectivity index (χ2v) is 7.78. The van der Waals surface area contributed by atoms with Crippen LogP contribution in [0.2, 0.25) is 5.02 Å². The first-order chi connectivity index (χ1) is 14.8. The molecule has 0 radical (unpaired) electrons. The first kappa shape index (κ1) is 22.2. The van der Waals surface area contributed by atoms with Crippen LogP contribution in [0.5, 0.6) is 5.75 Å². The highest BCUT2D eigenvalue weighted by Crippen LogP contribution is 2.29. The lowest BCUT2D eigenvalue weighted by Gasteiger charge is -2.13. The fraction of sp³-hybridized carbons (Fsp3) is 0.200. The van der Waals surface area contributed by atoms with E-state index < -0.39 is 5.91 Å². The highest BCUT2D eigenvalue weighted by Gasteiger charge is 2.16. The molecule has 3 rings (SSSR count). The minimum Gasteiger partial charge on any atom is -0.495 e. The molecule has 0 saturated heterocycles. The zero-order chi connectivity index (χ0) is 22.7. The lowest BCUT2D eigenvalue weighted by molar-refractivity contribution is -0.112. The van der Waals surface area contributed by atoms with Gasteiger partial charge in [-0.2, -0.15) is 5.26 Å². The lowest BCUT2D eigenvalue weighted by Crippen LogP contribution is -2.14. The van der Waals surface area contributed by atoms with Crippen molar-refractivity contribution in [2.24, 2.45) is 0 Å². The van der Waals surface area contributed by atoms with E-state index >= 15 is 0 Å². The minimum absolute atomic E-state index is 0.00613. The van der Waals surface area contributed by atoms with E-state index in [1.807, 2.05) is 64.1 Å². The lowest BCUT2D eigenvalue weighted by atomic mass is 10.1. The summed E-state index contributed by atoms with van der Waals surface area (Å²) in [5.74, 6) is 0.0426. The summed E-state index contributed by atoms with van der Waals surface area (Å²) < 4.78 is 7.38. The van der Waals surface area contributed by atoms with Crippen molar-refractivity contribution in [3.8, 4) is 17.5 Å². The van der Waals surface area contributed by atoms with Gasteiger partial charge in [0.1, 0.15) is 17.4 Å². The Morgan fingerprint density at radius 1 is 1.16 bits per heavy atom. The second kappa shape index (κ2) is 9.11. The molecule has 158 valence electrons. The number of carbonyl (C=O) groups is 1. The number of nitrogens with zero attached hydrogens (tertiary/aromatic N) is 2. The van der Waals surface area contributed by atoms with E-state index in [2.05, 4.69) is 9.88 Å². The molecule has 0 aliphatic heterocycles. The zero-order valence-electron chi connectivity index (χ0n) is 18.2. The summed E-state index contributed by atoms with van der Waals surface area (Å²) in [6.45, 7) is 7.82. The van der Waals surface area contributed by atoms with Crippen LogP contribution < -0.4 is 10.1 Å². The van der Waals surface area contributed by atoms with Gasteiger partial charge in [0.25, 0.3) is 5.91 Å². The molecule has 1 amide bonds. The first-order valence-corrected chi connectivity index (χ1v) is 10.2. The Morgan fingerprint density at radius 2 is 1.90 bits per heavy atom. The van der Waals surface area contributed by atoms with E-state index in [9.17, 15) is 10.1 Å². The fourth-order valence-corrected chi connectivity index (χ4v) is 3.73. The summed E-state index contributed by atoms with van der Waals surface area (Å²) in [4.78, 5) is 12.8. The van der Waals surface area contributed by atoms with E-state index in [-0.39, 0.29) is 5.57 Å². The molecule has 1 N–H and O–H groups in total. The van der Waals surface area contributed by atoms with Gasteiger partial charge < -0.3 is 14.6 Å². The number of aryl methyl sites for hydroxylation is 2. The molecule has 2 aromatic carbocycles. The monoisotopic (exact) mass is 433 g/mol. The molecular weight excluding hydrogens is 410 g/mol. The van der Waals surface area contributed by atoms with Crippen LogP contribution in [-0.4, -0.2) is 17.6 Å². The summed E-state index contributed by atoms with van der Waals surface area (Å²) in [5, 5.41) is 13.1. The molecule has 0 atom stereocenters. The van der Waals surface area contributed by atoms with Crippen molar-refractivity contribution in [2.45, 2.75) is 27.7 Å². The number of nitrogens with one attached hydrogen (secondary N) is 1. The average Bonchev–Trinajstić information content (AvgIpc) is 3.01. The number of benzene rings is 2. The van der Waals surface area contributed by atoms with Gasteiger partial charge in [-0.15, -0.1) is 0 Å². The Labute approximate surface area is 187 Å². The van der Waals surface area contributed by atoms with Crippen LogP contribution in [0.3, 0.4) is 0 Å².